The van der Waals surface area contributed by atoms with Crippen LogP contribution < -0.4 is 24.4 Å². The van der Waals surface area contributed by atoms with E-state index in [9.17, 15) is 9.59 Å². The van der Waals surface area contributed by atoms with Crippen LogP contribution in [-0.2, 0) is 4.79 Å². The lowest BCUT2D eigenvalue weighted by molar-refractivity contribution is -0.119. The first-order valence-electron chi connectivity index (χ1n) is 12.8. The van der Waals surface area contributed by atoms with Gasteiger partial charge in [-0.1, -0.05) is 19.9 Å². The first-order valence-corrected chi connectivity index (χ1v) is 13.2. The van der Waals surface area contributed by atoms with Crippen LogP contribution in [0.4, 0.5) is 10.6 Å². The molecule has 0 bridgehead atoms. The van der Waals surface area contributed by atoms with E-state index in [0.29, 0.717) is 54.2 Å². The van der Waals surface area contributed by atoms with Gasteiger partial charge in [-0.3, -0.25) is 4.79 Å². The van der Waals surface area contributed by atoms with Crippen molar-refractivity contribution in [3.63, 3.8) is 0 Å². The zero-order chi connectivity index (χ0) is 27.4. The Hall–Kier alpha value is -4.25. The lowest BCUT2D eigenvalue weighted by Crippen LogP contribution is -2.43. The predicted octanol–water partition coefficient (Wildman–Crippen LogP) is 4.56. The number of benzene rings is 1. The number of nitrogens with one attached hydrogen (secondary N) is 1. The molecule has 0 spiro atoms. The monoisotopic (exact) mass is 547 g/mol. The van der Waals surface area contributed by atoms with E-state index in [2.05, 4.69) is 15.3 Å². The maximum Gasteiger partial charge on any atom is 0.415 e. The first kappa shape index (κ1) is 26.4. The number of aromatic nitrogens is 2. The van der Waals surface area contributed by atoms with Crippen molar-refractivity contribution in [1.29, 1.82) is 0 Å². The van der Waals surface area contributed by atoms with Gasteiger partial charge in [0, 0.05) is 38.2 Å². The number of ether oxygens (including phenoxy) is 3. The van der Waals surface area contributed by atoms with E-state index in [1.54, 1.807) is 29.3 Å². The predicted molar refractivity (Wildman–Crippen MR) is 148 cm³/mol. The van der Waals surface area contributed by atoms with Gasteiger partial charge in [0.15, 0.2) is 10.9 Å². The number of likely N-dealkylation sites (tertiary alicyclic amines) is 1. The fourth-order valence-electron chi connectivity index (χ4n) is 4.36. The average Bonchev–Trinajstić information content (AvgIpc) is 3.25. The molecule has 5 rings (SSSR count). The number of thiocarbonyl (C=S) groups is 1. The minimum Gasteiger partial charge on any atom is -0.490 e. The third kappa shape index (κ3) is 6.26. The third-order valence-corrected chi connectivity index (χ3v) is 6.78. The zero-order valence-corrected chi connectivity index (χ0v) is 22.5. The Morgan fingerprint density at radius 3 is 2.33 bits per heavy atom. The van der Waals surface area contributed by atoms with Crippen LogP contribution in [-0.4, -0.2) is 57.2 Å². The van der Waals surface area contributed by atoms with Crippen molar-refractivity contribution in [3.05, 3.63) is 67.0 Å². The molecule has 2 amide bonds. The first-order chi connectivity index (χ1) is 18.9. The van der Waals surface area contributed by atoms with Gasteiger partial charge in [0.1, 0.15) is 29.5 Å². The van der Waals surface area contributed by atoms with Gasteiger partial charge in [-0.05, 0) is 60.6 Å². The van der Waals surface area contributed by atoms with Crippen molar-refractivity contribution in [1.82, 2.24) is 20.2 Å². The van der Waals surface area contributed by atoms with Crippen LogP contribution in [0.15, 0.2) is 67.0 Å². The van der Waals surface area contributed by atoms with Gasteiger partial charge in [0.25, 0.3) is 5.91 Å². The molecule has 4 heterocycles. The lowest BCUT2D eigenvalue weighted by Gasteiger charge is -2.31. The minimum atomic E-state index is -0.451. The highest BCUT2D eigenvalue weighted by atomic mass is 32.1. The van der Waals surface area contributed by atoms with Gasteiger partial charge >= 0.3 is 6.09 Å². The van der Waals surface area contributed by atoms with E-state index in [-0.39, 0.29) is 24.0 Å². The van der Waals surface area contributed by atoms with Gasteiger partial charge in [-0.15, -0.1) is 0 Å². The van der Waals surface area contributed by atoms with E-state index < -0.39 is 6.09 Å². The minimum absolute atomic E-state index is 0.0114. The quantitative estimate of drug-likeness (QED) is 0.426. The molecule has 1 atom stereocenters. The Morgan fingerprint density at radius 2 is 1.72 bits per heavy atom. The average molecular weight is 548 g/mol. The van der Waals surface area contributed by atoms with Crippen LogP contribution in [0, 0.1) is 5.92 Å². The molecular formula is C28H29N5O5S. The third-order valence-electron chi connectivity index (χ3n) is 6.48. The Balaban J connectivity index is 1.09. The number of anilines is 1. The summed E-state index contributed by atoms with van der Waals surface area (Å²) in [5.74, 6) is 2.56. The van der Waals surface area contributed by atoms with Crippen molar-refractivity contribution in [2.45, 2.75) is 38.8 Å². The summed E-state index contributed by atoms with van der Waals surface area (Å²) in [6, 6.07) is 15.7. The topological polar surface area (TPSA) is 106 Å². The van der Waals surface area contributed by atoms with Crippen LogP contribution in [0.3, 0.4) is 0 Å². The zero-order valence-electron chi connectivity index (χ0n) is 21.6. The molecule has 202 valence electrons. The van der Waals surface area contributed by atoms with Crippen molar-refractivity contribution in [3.8, 4) is 23.1 Å². The normalized spacial score (nSPS) is 17.8. The van der Waals surface area contributed by atoms with Crippen LogP contribution in [0.25, 0.3) is 0 Å². The number of piperidine rings is 1. The highest BCUT2D eigenvalue weighted by molar-refractivity contribution is 7.80. The maximum atomic E-state index is 12.7. The molecule has 0 saturated carbocycles. The highest BCUT2D eigenvalue weighted by Crippen LogP contribution is 2.26. The Labute approximate surface area is 231 Å². The molecule has 2 fully saturated rings. The second-order valence-electron chi connectivity index (χ2n) is 9.61. The Morgan fingerprint density at radius 1 is 1.00 bits per heavy atom. The van der Waals surface area contributed by atoms with Crippen molar-refractivity contribution >= 4 is 35.1 Å². The number of rotatable bonds is 7. The number of carbonyl (C=O) groups is 2. The summed E-state index contributed by atoms with van der Waals surface area (Å²) in [5.41, 5.74) is 0. The summed E-state index contributed by atoms with van der Waals surface area (Å²) in [5, 5.41) is 3.34. The Kier molecular flexibility index (Phi) is 7.87. The molecule has 1 aromatic carbocycles. The van der Waals surface area contributed by atoms with Crippen LogP contribution in [0.2, 0.25) is 0 Å². The van der Waals surface area contributed by atoms with Crippen LogP contribution >= 0.6 is 12.2 Å². The standard InChI is InChI=1S/C28H29N5O5S/c1-18(2)25-26(34)33(27(39)31-25)23-11-10-22(17-30-23)38-28(35)32-15-12-21(13-16-32)36-19-6-8-20(9-7-19)37-24-5-3-4-14-29-24/h3-11,14,17-18,21,25H,12-13,15-16H2,1-2H3,(H,31,39). The molecule has 0 aliphatic carbocycles. The van der Waals surface area contributed by atoms with Crippen LogP contribution in [0.1, 0.15) is 26.7 Å². The molecular weight excluding hydrogens is 518 g/mol. The SMILES string of the molecule is CC(C)C1NC(=S)N(c2ccc(OC(=O)N3CCC(Oc4ccc(Oc5ccccn5)cc4)CC3)cn2)C1=O. The summed E-state index contributed by atoms with van der Waals surface area (Å²) >= 11 is 5.31. The van der Waals surface area contributed by atoms with E-state index in [0.717, 1.165) is 5.75 Å². The molecule has 1 unspecified atom stereocenters. The van der Waals surface area contributed by atoms with Gasteiger partial charge in [-0.25, -0.2) is 19.7 Å². The second kappa shape index (κ2) is 11.6. The maximum absolute atomic E-state index is 12.7. The summed E-state index contributed by atoms with van der Waals surface area (Å²) in [4.78, 5) is 36.8. The molecule has 2 aromatic heterocycles. The summed E-state index contributed by atoms with van der Waals surface area (Å²) < 4.78 is 17.3. The van der Waals surface area contributed by atoms with Crippen LogP contribution in [0.5, 0.6) is 23.1 Å². The van der Waals surface area contributed by atoms with Gasteiger partial charge in [0.05, 0.1) is 6.20 Å². The summed E-state index contributed by atoms with van der Waals surface area (Å²) in [6.45, 7) is 4.91. The fraction of sp³-hybridized carbons (Fsp3) is 0.321. The van der Waals surface area contributed by atoms with E-state index in [1.165, 1.54) is 11.1 Å². The van der Waals surface area contributed by atoms with Gasteiger partial charge in [0.2, 0.25) is 5.88 Å². The van der Waals surface area contributed by atoms with E-state index in [4.69, 9.17) is 26.4 Å². The van der Waals surface area contributed by atoms with Crippen molar-refractivity contribution < 1.29 is 23.8 Å². The summed E-state index contributed by atoms with van der Waals surface area (Å²) in [6.07, 6.45) is 3.99. The Bertz CT molecular complexity index is 1310. The molecule has 2 aliphatic heterocycles. The van der Waals surface area contributed by atoms with E-state index in [1.807, 2.05) is 50.2 Å². The second-order valence-corrected chi connectivity index (χ2v) is 10.00. The molecule has 10 nitrogen and oxygen atoms in total. The molecule has 39 heavy (non-hydrogen) atoms. The summed E-state index contributed by atoms with van der Waals surface area (Å²) in [7, 11) is 0. The van der Waals surface area contributed by atoms with Crippen molar-refractivity contribution in [2.75, 3.05) is 18.0 Å². The molecule has 2 aliphatic rings. The van der Waals surface area contributed by atoms with Gasteiger partial charge in [-0.2, -0.15) is 0 Å². The molecule has 11 heteroatoms. The largest absolute Gasteiger partial charge is 0.490 e. The molecule has 1 N–H and O–H groups in total. The number of amides is 2. The van der Waals surface area contributed by atoms with Crippen molar-refractivity contribution in [2.24, 2.45) is 5.92 Å². The smallest absolute Gasteiger partial charge is 0.415 e. The fourth-order valence-corrected chi connectivity index (χ4v) is 4.67. The highest BCUT2D eigenvalue weighted by Gasteiger charge is 2.38. The molecule has 2 saturated heterocycles. The number of pyridine rings is 2. The molecule has 0 radical (unpaired) electrons. The number of nitrogens with zero attached hydrogens (tertiary/aromatic N) is 4. The number of carbonyl (C=O) groups excluding carboxylic acids is 2. The lowest BCUT2D eigenvalue weighted by atomic mass is 10.1. The van der Waals surface area contributed by atoms with Gasteiger partial charge < -0.3 is 24.4 Å². The number of hydrogen-bond acceptors (Lipinski definition) is 8. The number of hydrogen-bond donors (Lipinski definition) is 1. The molecule has 3 aromatic rings. The van der Waals surface area contributed by atoms with E-state index >= 15 is 0 Å².